The van der Waals surface area contributed by atoms with E-state index in [0.717, 1.165) is 24.4 Å². The molecule has 1 aliphatic heterocycles. The number of methoxy groups -OCH3 is 1. The van der Waals surface area contributed by atoms with Crippen molar-refractivity contribution in [2.75, 3.05) is 24.9 Å². The number of anilines is 1. The van der Waals surface area contributed by atoms with E-state index < -0.39 is 33.1 Å². The summed E-state index contributed by atoms with van der Waals surface area (Å²) in [6.07, 6.45) is -3.10. The van der Waals surface area contributed by atoms with Gasteiger partial charge in [-0.3, -0.25) is 4.72 Å². The standard InChI is InChI=1S/C24H23BrF3N3O5S/c1-23(8-9-29-14-23)36-21-10-15(6-7-19(21)24(26,27)28)31-37(32,33)18-12-20(25)22(30-13-18)35-17-5-3-4-16(11-17)34-2/h3-7,10-13,29,31H,8-9,14H2,1-2H3/t23-/m1/s1. The molecule has 4 rings (SSSR count). The number of pyridine rings is 1. The molecule has 13 heteroatoms. The minimum Gasteiger partial charge on any atom is -0.497 e. The fourth-order valence-electron chi connectivity index (χ4n) is 3.67. The van der Waals surface area contributed by atoms with Gasteiger partial charge in [0.25, 0.3) is 10.0 Å². The van der Waals surface area contributed by atoms with Crippen molar-refractivity contribution < 1.29 is 35.8 Å². The molecule has 0 radical (unpaired) electrons. The van der Waals surface area contributed by atoms with E-state index >= 15 is 0 Å². The van der Waals surface area contributed by atoms with E-state index in [0.29, 0.717) is 31.0 Å². The van der Waals surface area contributed by atoms with Crippen LogP contribution in [0, 0.1) is 0 Å². The van der Waals surface area contributed by atoms with Crippen LogP contribution in [0.15, 0.2) is 64.1 Å². The lowest BCUT2D eigenvalue weighted by Crippen LogP contribution is -2.35. The number of sulfonamides is 1. The second kappa shape index (κ2) is 10.4. The average Bonchev–Trinajstić information content (AvgIpc) is 3.25. The molecule has 1 aromatic heterocycles. The first-order chi connectivity index (χ1) is 17.4. The van der Waals surface area contributed by atoms with Crippen molar-refractivity contribution in [2.45, 2.75) is 30.0 Å². The number of rotatable bonds is 8. The zero-order chi connectivity index (χ0) is 26.8. The number of benzene rings is 2. The Morgan fingerprint density at radius 2 is 1.89 bits per heavy atom. The Hall–Kier alpha value is -3.03. The Kier molecular flexibility index (Phi) is 7.58. The molecule has 198 valence electrons. The van der Waals surface area contributed by atoms with Gasteiger partial charge in [0.15, 0.2) is 0 Å². The summed E-state index contributed by atoms with van der Waals surface area (Å²) in [4.78, 5) is 3.84. The summed E-state index contributed by atoms with van der Waals surface area (Å²) in [7, 11) is -2.70. The molecule has 0 bridgehead atoms. The average molecular weight is 602 g/mol. The molecule has 0 amide bonds. The summed E-state index contributed by atoms with van der Waals surface area (Å²) in [5.74, 6) is 0.635. The van der Waals surface area contributed by atoms with Crippen molar-refractivity contribution in [2.24, 2.45) is 0 Å². The maximum atomic E-state index is 13.6. The lowest BCUT2D eigenvalue weighted by molar-refractivity contribution is -0.139. The third kappa shape index (κ3) is 6.46. The van der Waals surface area contributed by atoms with Crippen LogP contribution >= 0.6 is 15.9 Å². The van der Waals surface area contributed by atoms with Crippen LogP contribution in [-0.4, -0.2) is 39.2 Å². The van der Waals surface area contributed by atoms with E-state index in [2.05, 4.69) is 31.0 Å². The van der Waals surface area contributed by atoms with E-state index in [1.54, 1.807) is 31.2 Å². The van der Waals surface area contributed by atoms with Crippen molar-refractivity contribution in [1.82, 2.24) is 10.3 Å². The van der Waals surface area contributed by atoms with Gasteiger partial charge in [0.1, 0.15) is 27.7 Å². The molecule has 1 saturated heterocycles. The van der Waals surface area contributed by atoms with Crippen molar-refractivity contribution in [1.29, 1.82) is 0 Å². The highest BCUT2D eigenvalue weighted by molar-refractivity contribution is 9.10. The van der Waals surface area contributed by atoms with Gasteiger partial charge < -0.3 is 19.5 Å². The highest BCUT2D eigenvalue weighted by atomic mass is 79.9. The van der Waals surface area contributed by atoms with Crippen LogP contribution < -0.4 is 24.2 Å². The Labute approximate surface area is 220 Å². The molecule has 0 unspecified atom stereocenters. The molecule has 2 heterocycles. The molecular formula is C24H23BrF3N3O5S. The minimum absolute atomic E-state index is 0.0922. The lowest BCUT2D eigenvalue weighted by Gasteiger charge is -2.27. The second-order valence-electron chi connectivity index (χ2n) is 8.53. The summed E-state index contributed by atoms with van der Waals surface area (Å²) in [5, 5.41) is 3.05. The predicted octanol–water partition coefficient (Wildman–Crippen LogP) is 5.60. The number of alkyl halides is 3. The summed E-state index contributed by atoms with van der Waals surface area (Å²) in [6, 6.07) is 10.9. The molecule has 1 atom stereocenters. The fraction of sp³-hybridized carbons (Fsp3) is 0.292. The second-order valence-corrected chi connectivity index (χ2v) is 11.1. The number of ether oxygens (including phenoxy) is 3. The summed E-state index contributed by atoms with van der Waals surface area (Å²) in [6.45, 7) is 2.66. The van der Waals surface area contributed by atoms with Crippen molar-refractivity contribution in [3.8, 4) is 23.1 Å². The predicted molar refractivity (Wildman–Crippen MR) is 134 cm³/mol. The number of aromatic nitrogens is 1. The molecule has 2 N–H and O–H groups in total. The Morgan fingerprint density at radius 1 is 1.14 bits per heavy atom. The highest BCUT2D eigenvalue weighted by Crippen LogP contribution is 2.40. The molecule has 0 spiro atoms. The van der Waals surface area contributed by atoms with E-state index in [1.807, 2.05) is 0 Å². The first-order valence-corrected chi connectivity index (χ1v) is 13.3. The van der Waals surface area contributed by atoms with Crippen LogP contribution in [0.5, 0.6) is 23.1 Å². The quantitative estimate of drug-likeness (QED) is 0.347. The monoisotopic (exact) mass is 601 g/mol. The van der Waals surface area contributed by atoms with E-state index in [9.17, 15) is 21.6 Å². The molecule has 2 aromatic carbocycles. The van der Waals surface area contributed by atoms with Gasteiger partial charge in [-0.1, -0.05) is 6.07 Å². The molecular weight excluding hydrogens is 579 g/mol. The summed E-state index contributed by atoms with van der Waals surface area (Å²) < 4.78 is 85.9. The van der Waals surface area contributed by atoms with Crippen LogP contribution in [0.3, 0.4) is 0 Å². The normalized spacial score (nSPS) is 17.9. The highest BCUT2D eigenvalue weighted by Gasteiger charge is 2.38. The molecule has 37 heavy (non-hydrogen) atoms. The summed E-state index contributed by atoms with van der Waals surface area (Å²) >= 11 is 3.25. The molecule has 1 fully saturated rings. The van der Waals surface area contributed by atoms with Crippen molar-refractivity contribution in [3.63, 3.8) is 0 Å². The van der Waals surface area contributed by atoms with Gasteiger partial charge in [-0.2, -0.15) is 13.2 Å². The van der Waals surface area contributed by atoms with E-state index in [-0.39, 0.29) is 20.9 Å². The molecule has 1 aliphatic rings. The van der Waals surface area contributed by atoms with Crippen molar-refractivity contribution in [3.05, 3.63) is 64.8 Å². The number of nitrogens with one attached hydrogen (secondary N) is 2. The third-order valence-corrected chi connectivity index (χ3v) is 7.49. The maximum absolute atomic E-state index is 13.6. The van der Waals surface area contributed by atoms with Gasteiger partial charge in [-0.05, 0) is 59.7 Å². The largest absolute Gasteiger partial charge is 0.497 e. The number of halogens is 4. The van der Waals surface area contributed by atoms with Crippen LogP contribution in [0.1, 0.15) is 18.9 Å². The van der Waals surface area contributed by atoms with Crippen LogP contribution in [-0.2, 0) is 16.2 Å². The first kappa shape index (κ1) is 27.0. The van der Waals surface area contributed by atoms with Gasteiger partial charge in [0.2, 0.25) is 5.88 Å². The smallest absolute Gasteiger partial charge is 0.419 e. The van der Waals surface area contributed by atoms with Crippen LogP contribution in [0.2, 0.25) is 0 Å². The maximum Gasteiger partial charge on any atom is 0.419 e. The van der Waals surface area contributed by atoms with Crippen LogP contribution in [0.4, 0.5) is 18.9 Å². The molecule has 0 saturated carbocycles. The van der Waals surface area contributed by atoms with Gasteiger partial charge in [0, 0.05) is 25.1 Å². The third-order valence-electron chi connectivity index (χ3n) is 5.57. The van der Waals surface area contributed by atoms with E-state index in [4.69, 9.17) is 14.2 Å². The fourth-order valence-corrected chi connectivity index (χ4v) is 5.27. The minimum atomic E-state index is -4.68. The van der Waals surface area contributed by atoms with E-state index in [1.165, 1.54) is 13.2 Å². The first-order valence-electron chi connectivity index (χ1n) is 11.0. The number of nitrogens with zero attached hydrogens (tertiary/aromatic N) is 1. The zero-order valence-electron chi connectivity index (χ0n) is 19.7. The molecule has 0 aliphatic carbocycles. The topological polar surface area (TPSA) is 98.8 Å². The Bertz CT molecular complexity index is 1400. The van der Waals surface area contributed by atoms with Crippen LogP contribution in [0.25, 0.3) is 0 Å². The molecule has 3 aromatic rings. The SMILES string of the molecule is COc1cccc(Oc2ncc(S(=O)(=O)Nc3ccc(C(F)(F)F)c(O[C@]4(C)CCNC4)c3)cc2Br)c1. The Balaban J connectivity index is 1.57. The Morgan fingerprint density at radius 3 is 2.54 bits per heavy atom. The van der Waals surface area contributed by atoms with Crippen molar-refractivity contribution >= 4 is 31.6 Å². The van der Waals surface area contributed by atoms with Gasteiger partial charge in [0.05, 0.1) is 29.0 Å². The zero-order valence-corrected chi connectivity index (χ0v) is 22.1. The van der Waals surface area contributed by atoms with Gasteiger partial charge >= 0.3 is 6.18 Å². The van der Waals surface area contributed by atoms with Gasteiger partial charge in [-0.25, -0.2) is 13.4 Å². The number of hydrogen-bond acceptors (Lipinski definition) is 7. The lowest BCUT2D eigenvalue weighted by atomic mass is 10.1. The summed E-state index contributed by atoms with van der Waals surface area (Å²) in [5.41, 5.74) is -1.94. The number of hydrogen-bond donors (Lipinski definition) is 2. The molecule has 8 nitrogen and oxygen atoms in total. The van der Waals surface area contributed by atoms with Gasteiger partial charge in [-0.15, -0.1) is 0 Å².